The van der Waals surface area contributed by atoms with Crippen molar-refractivity contribution in [2.24, 2.45) is 0 Å². The molecule has 18 heavy (non-hydrogen) atoms. The number of hydrogen-bond donors (Lipinski definition) is 2. The third kappa shape index (κ3) is 2.53. The molecular formula is C12H14N2O3S. The minimum Gasteiger partial charge on any atom is -0.497 e. The fourth-order valence-corrected chi connectivity index (χ4v) is 2.18. The van der Waals surface area contributed by atoms with Gasteiger partial charge in [-0.2, -0.15) is 0 Å². The number of fused-ring (bicyclic) bond motifs is 1. The van der Waals surface area contributed by atoms with Crippen LogP contribution in [-0.2, 0) is 11.3 Å². The van der Waals surface area contributed by atoms with Crippen LogP contribution < -0.4 is 4.74 Å². The van der Waals surface area contributed by atoms with Gasteiger partial charge in [-0.1, -0.05) is 0 Å². The van der Waals surface area contributed by atoms with Crippen LogP contribution in [0.5, 0.6) is 5.75 Å². The van der Waals surface area contributed by atoms with Crippen molar-refractivity contribution in [1.29, 1.82) is 0 Å². The number of imidazole rings is 1. The maximum absolute atomic E-state index is 10.5. The van der Waals surface area contributed by atoms with Gasteiger partial charge < -0.3 is 19.4 Å². The van der Waals surface area contributed by atoms with Gasteiger partial charge in [0.05, 0.1) is 18.1 Å². The number of rotatable bonds is 5. The monoisotopic (exact) mass is 266 g/mol. The number of nitrogens with one attached hydrogen (secondary N) is 1. The summed E-state index contributed by atoms with van der Waals surface area (Å²) >= 11 is 5.23. The Morgan fingerprint density at radius 1 is 1.56 bits per heavy atom. The topological polar surface area (TPSA) is 67.2 Å². The second-order valence-electron chi connectivity index (χ2n) is 3.96. The number of methoxy groups -OCH3 is 1. The van der Waals surface area contributed by atoms with Crippen molar-refractivity contribution in [3.8, 4) is 5.75 Å². The molecule has 0 saturated heterocycles. The quantitative estimate of drug-likeness (QED) is 0.816. The van der Waals surface area contributed by atoms with Crippen molar-refractivity contribution in [2.45, 2.75) is 19.4 Å². The summed E-state index contributed by atoms with van der Waals surface area (Å²) in [5.41, 5.74) is 1.86. The number of carbonyl (C=O) groups is 1. The zero-order chi connectivity index (χ0) is 13.1. The third-order valence-electron chi connectivity index (χ3n) is 2.75. The molecule has 0 radical (unpaired) electrons. The Labute approximate surface area is 109 Å². The first-order chi connectivity index (χ1) is 8.61. The van der Waals surface area contributed by atoms with Gasteiger partial charge in [0.15, 0.2) is 4.77 Å². The minimum atomic E-state index is -0.789. The van der Waals surface area contributed by atoms with Crippen LogP contribution in [-0.4, -0.2) is 27.7 Å². The summed E-state index contributed by atoms with van der Waals surface area (Å²) in [5.74, 6) is -0.0283. The number of aryl methyl sites for hydroxylation is 1. The van der Waals surface area contributed by atoms with Gasteiger partial charge in [-0.25, -0.2) is 0 Å². The lowest BCUT2D eigenvalue weighted by molar-refractivity contribution is -0.137. The Morgan fingerprint density at radius 3 is 3.00 bits per heavy atom. The predicted molar refractivity (Wildman–Crippen MR) is 70.5 cm³/mol. The fraction of sp³-hybridized carbons (Fsp3) is 0.333. The summed E-state index contributed by atoms with van der Waals surface area (Å²) in [6.07, 6.45) is 0.702. The molecule has 96 valence electrons. The van der Waals surface area contributed by atoms with Crippen LogP contribution in [0, 0.1) is 4.77 Å². The van der Waals surface area contributed by atoms with Gasteiger partial charge in [0.25, 0.3) is 0 Å². The minimum absolute atomic E-state index is 0.143. The molecule has 0 aliphatic heterocycles. The van der Waals surface area contributed by atoms with E-state index in [2.05, 4.69) is 4.98 Å². The number of hydrogen-bond acceptors (Lipinski definition) is 3. The van der Waals surface area contributed by atoms with Crippen LogP contribution in [0.4, 0.5) is 0 Å². The molecule has 2 N–H and O–H groups in total. The Hall–Kier alpha value is -1.82. The van der Waals surface area contributed by atoms with E-state index >= 15 is 0 Å². The number of carboxylic acids is 1. The van der Waals surface area contributed by atoms with Gasteiger partial charge in [-0.3, -0.25) is 4.79 Å². The van der Waals surface area contributed by atoms with Gasteiger partial charge in [0.1, 0.15) is 5.75 Å². The van der Waals surface area contributed by atoms with Crippen LogP contribution in [0.3, 0.4) is 0 Å². The molecule has 0 saturated carbocycles. The number of ether oxygens (including phenoxy) is 1. The van der Waals surface area contributed by atoms with Crippen LogP contribution in [0.25, 0.3) is 11.0 Å². The van der Waals surface area contributed by atoms with E-state index in [0.717, 1.165) is 16.8 Å². The van der Waals surface area contributed by atoms with Crippen LogP contribution in [0.2, 0.25) is 0 Å². The Kier molecular flexibility index (Phi) is 3.66. The number of carboxylic acid groups (broad SMARTS) is 1. The molecule has 5 nitrogen and oxygen atoms in total. The molecule has 0 spiro atoms. The SMILES string of the molecule is COc1ccc2c(c1)[nH]c(=S)n2CCCC(=O)O. The number of benzene rings is 1. The molecule has 2 aromatic rings. The van der Waals surface area contributed by atoms with E-state index in [1.807, 2.05) is 22.8 Å². The standard InChI is InChI=1S/C12H14N2O3S/c1-17-8-4-5-10-9(7-8)13-12(18)14(10)6-2-3-11(15)16/h4-5,7H,2-3,6H2,1H3,(H,13,18)(H,15,16). The summed E-state index contributed by atoms with van der Waals surface area (Å²) in [5, 5.41) is 8.63. The van der Waals surface area contributed by atoms with Gasteiger partial charge in [0, 0.05) is 19.0 Å². The normalized spacial score (nSPS) is 10.7. The van der Waals surface area contributed by atoms with E-state index in [4.69, 9.17) is 22.1 Å². The summed E-state index contributed by atoms with van der Waals surface area (Å²) in [7, 11) is 1.61. The highest BCUT2D eigenvalue weighted by Gasteiger charge is 2.06. The van der Waals surface area contributed by atoms with E-state index in [1.54, 1.807) is 7.11 Å². The van der Waals surface area contributed by atoms with Gasteiger partial charge in [-0.15, -0.1) is 0 Å². The Morgan fingerprint density at radius 2 is 2.33 bits per heavy atom. The summed E-state index contributed by atoms with van der Waals surface area (Å²) < 4.78 is 7.65. The summed E-state index contributed by atoms with van der Waals surface area (Å²) in [4.78, 5) is 13.6. The first-order valence-corrected chi connectivity index (χ1v) is 6.01. The highest BCUT2D eigenvalue weighted by atomic mass is 32.1. The molecule has 0 bridgehead atoms. The molecule has 0 fully saturated rings. The van der Waals surface area contributed by atoms with Gasteiger partial charge in [-0.05, 0) is 30.8 Å². The van der Waals surface area contributed by atoms with Gasteiger partial charge in [0.2, 0.25) is 0 Å². The number of aromatic nitrogens is 2. The average molecular weight is 266 g/mol. The lowest BCUT2D eigenvalue weighted by atomic mass is 10.2. The second kappa shape index (κ2) is 5.22. The molecule has 1 aromatic carbocycles. The molecular weight excluding hydrogens is 252 g/mol. The predicted octanol–water partition coefficient (Wildman–Crippen LogP) is 2.57. The zero-order valence-corrected chi connectivity index (χ0v) is 10.8. The second-order valence-corrected chi connectivity index (χ2v) is 4.35. The lowest BCUT2D eigenvalue weighted by Crippen LogP contribution is -2.02. The third-order valence-corrected chi connectivity index (χ3v) is 3.08. The molecule has 0 unspecified atom stereocenters. The van der Waals surface area contributed by atoms with Crippen molar-refractivity contribution < 1.29 is 14.6 Å². The number of nitrogens with zero attached hydrogens (tertiary/aromatic N) is 1. The van der Waals surface area contributed by atoms with E-state index in [9.17, 15) is 4.79 Å². The molecule has 1 aromatic heterocycles. The summed E-state index contributed by atoms with van der Waals surface area (Å²) in [6.45, 7) is 0.595. The number of H-pyrrole nitrogens is 1. The van der Waals surface area contributed by atoms with Crippen molar-refractivity contribution in [2.75, 3.05) is 7.11 Å². The molecule has 0 aliphatic rings. The maximum atomic E-state index is 10.5. The smallest absolute Gasteiger partial charge is 0.303 e. The maximum Gasteiger partial charge on any atom is 0.303 e. The van der Waals surface area contributed by atoms with Crippen LogP contribution >= 0.6 is 12.2 Å². The molecule has 2 rings (SSSR count). The van der Waals surface area contributed by atoms with Crippen molar-refractivity contribution >= 4 is 29.2 Å². The van der Waals surface area contributed by atoms with Crippen molar-refractivity contribution in [1.82, 2.24) is 9.55 Å². The molecule has 1 heterocycles. The van der Waals surface area contributed by atoms with Crippen LogP contribution in [0.15, 0.2) is 18.2 Å². The fourth-order valence-electron chi connectivity index (χ4n) is 1.88. The molecule has 6 heteroatoms. The largest absolute Gasteiger partial charge is 0.497 e. The summed E-state index contributed by atoms with van der Waals surface area (Å²) in [6, 6.07) is 5.65. The highest BCUT2D eigenvalue weighted by molar-refractivity contribution is 7.71. The Balaban J connectivity index is 2.30. The van der Waals surface area contributed by atoms with Crippen LogP contribution in [0.1, 0.15) is 12.8 Å². The van der Waals surface area contributed by atoms with E-state index in [0.29, 0.717) is 17.7 Å². The number of aromatic amines is 1. The van der Waals surface area contributed by atoms with E-state index < -0.39 is 5.97 Å². The Bertz CT molecular complexity index is 630. The zero-order valence-electron chi connectivity index (χ0n) is 9.97. The first kappa shape index (κ1) is 12.6. The molecule has 0 atom stereocenters. The highest BCUT2D eigenvalue weighted by Crippen LogP contribution is 2.20. The van der Waals surface area contributed by atoms with Crippen molar-refractivity contribution in [3.63, 3.8) is 0 Å². The van der Waals surface area contributed by atoms with Gasteiger partial charge >= 0.3 is 5.97 Å². The van der Waals surface area contributed by atoms with Crippen molar-refractivity contribution in [3.05, 3.63) is 23.0 Å². The average Bonchev–Trinajstić information content (AvgIpc) is 2.64. The first-order valence-electron chi connectivity index (χ1n) is 5.60. The van der Waals surface area contributed by atoms with E-state index in [1.165, 1.54) is 0 Å². The lowest BCUT2D eigenvalue weighted by Gasteiger charge is -2.04. The van der Waals surface area contributed by atoms with E-state index in [-0.39, 0.29) is 6.42 Å². The molecule has 0 amide bonds. The number of aliphatic carboxylic acids is 1. The molecule has 0 aliphatic carbocycles.